The molecule has 2 aliphatic heterocycles. The first-order chi connectivity index (χ1) is 21.3. The van der Waals surface area contributed by atoms with Crippen LogP contribution < -0.4 is 24.3 Å². The summed E-state index contributed by atoms with van der Waals surface area (Å²) in [7, 11) is 3.04. The van der Waals surface area contributed by atoms with Crippen LogP contribution in [0.25, 0.3) is 0 Å². The lowest BCUT2D eigenvalue weighted by molar-refractivity contribution is -0.143. The van der Waals surface area contributed by atoms with Crippen molar-refractivity contribution < 1.29 is 42.8 Å². The van der Waals surface area contributed by atoms with E-state index in [1.807, 2.05) is 30.9 Å². The molecule has 3 aromatic rings. The van der Waals surface area contributed by atoms with Gasteiger partial charge in [-0.1, -0.05) is 26.0 Å². The van der Waals surface area contributed by atoms with Crippen molar-refractivity contribution in [1.29, 1.82) is 0 Å². The van der Waals surface area contributed by atoms with E-state index in [1.165, 1.54) is 26.4 Å². The molecule has 5 rings (SSSR count). The quantitative estimate of drug-likeness (QED) is 0.269. The number of hydrogen-bond donors (Lipinski definition) is 2. The molecule has 0 radical (unpaired) electrons. The number of methoxy groups -OCH3 is 2. The number of carboxylic acid groups (broad SMARTS) is 1. The number of fused-ring (bicyclic) bond motifs is 1. The monoisotopic (exact) mass is 608 g/mol. The van der Waals surface area contributed by atoms with Crippen molar-refractivity contribution in [2.75, 3.05) is 46.2 Å². The summed E-state index contributed by atoms with van der Waals surface area (Å²) in [6.45, 7) is 4.11. The van der Waals surface area contributed by atoms with Crippen molar-refractivity contribution in [3.63, 3.8) is 0 Å². The minimum absolute atomic E-state index is 0.0392. The molecule has 1 saturated heterocycles. The normalized spacial score (nSPS) is 19.2. The number of hydrogen-bond acceptors (Lipinski definition) is 8. The Bertz CT molecular complexity index is 1490. The molecule has 0 spiro atoms. The van der Waals surface area contributed by atoms with Crippen molar-refractivity contribution in [1.82, 2.24) is 4.90 Å². The lowest BCUT2D eigenvalue weighted by Crippen LogP contribution is -2.35. The number of rotatable bonds is 12. The highest BCUT2D eigenvalue weighted by Gasteiger charge is 2.48. The molecule has 1 unspecified atom stereocenters. The second kappa shape index (κ2) is 13.5. The summed E-state index contributed by atoms with van der Waals surface area (Å²) in [6, 6.07) is 12.9. The second-order valence-electron chi connectivity index (χ2n) is 10.8. The minimum atomic E-state index is -1.00. The fourth-order valence-electron chi connectivity index (χ4n) is 6.19. The van der Waals surface area contributed by atoms with Gasteiger partial charge in [0.1, 0.15) is 11.6 Å². The van der Waals surface area contributed by atoms with E-state index in [2.05, 4.69) is 5.32 Å². The molecular weight excluding hydrogens is 571 g/mol. The first-order valence-electron chi connectivity index (χ1n) is 14.5. The Morgan fingerprint density at radius 3 is 2.34 bits per heavy atom. The predicted molar refractivity (Wildman–Crippen MR) is 160 cm³/mol. The number of halogens is 1. The number of benzene rings is 3. The van der Waals surface area contributed by atoms with Gasteiger partial charge in [0.25, 0.3) is 0 Å². The number of likely N-dealkylation sites (tertiary alicyclic amines) is 1. The van der Waals surface area contributed by atoms with Crippen LogP contribution in [0.5, 0.6) is 23.0 Å². The van der Waals surface area contributed by atoms with Crippen molar-refractivity contribution in [2.24, 2.45) is 5.92 Å². The summed E-state index contributed by atoms with van der Waals surface area (Å²) in [5.41, 5.74) is 3.42. The number of ether oxygens (including phenoxy) is 5. The van der Waals surface area contributed by atoms with E-state index >= 15 is 0 Å². The van der Waals surface area contributed by atoms with Crippen LogP contribution in [0, 0.1) is 11.7 Å². The number of aliphatic carboxylic acids is 1. The maximum Gasteiger partial charge on any atom is 0.309 e. The van der Waals surface area contributed by atoms with E-state index in [9.17, 15) is 19.1 Å². The smallest absolute Gasteiger partial charge is 0.309 e. The third kappa shape index (κ3) is 6.29. The maximum atomic E-state index is 14.2. The molecule has 1 fully saturated rings. The summed E-state index contributed by atoms with van der Waals surface area (Å²) < 4.78 is 41.5. The van der Waals surface area contributed by atoms with Gasteiger partial charge in [-0.05, 0) is 71.5 Å². The van der Waals surface area contributed by atoms with E-state index in [-0.39, 0.29) is 38.4 Å². The average molecular weight is 609 g/mol. The van der Waals surface area contributed by atoms with Gasteiger partial charge in [0.15, 0.2) is 18.3 Å². The first-order valence-corrected chi connectivity index (χ1v) is 14.5. The summed E-state index contributed by atoms with van der Waals surface area (Å²) in [5.74, 6) is -1.13. The Morgan fingerprint density at radius 1 is 1.02 bits per heavy atom. The Kier molecular flexibility index (Phi) is 9.55. The van der Waals surface area contributed by atoms with Crippen molar-refractivity contribution in [2.45, 2.75) is 38.6 Å². The molecule has 11 heteroatoms. The number of aryl methyl sites for hydroxylation is 2. The van der Waals surface area contributed by atoms with Crippen LogP contribution in [0.2, 0.25) is 0 Å². The Labute approximate surface area is 255 Å². The average Bonchev–Trinajstić information content (AvgIpc) is 3.65. The van der Waals surface area contributed by atoms with Crippen molar-refractivity contribution >= 4 is 17.6 Å². The Balaban J connectivity index is 1.51. The first kappa shape index (κ1) is 31.1. The number of anilines is 1. The number of carboxylic acids is 1. The lowest BCUT2D eigenvalue weighted by atomic mass is 9.82. The highest BCUT2D eigenvalue weighted by molar-refractivity contribution is 5.94. The largest absolute Gasteiger partial charge is 0.493 e. The van der Waals surface area contributed by atoms with E-state index in [4.69, 9.17) is 23.7 Å². The Morgan fingerprint density at radius 2 is 1.73 bits per heavy atom. The van der Waals surface area contributed by atoms with E-state index < -0.39 is 23.8 Å². The highest BCUT2D eigenvalue weighted by atomic mass is 19.1. The molecule has 0 bridgehead atoms. The van der Waals surface area contributed by atoms with Gasteiger partial charge in [0.2, 0.25) is 18.4 Å². The fraction of sp³-hybridized carbons (Fsp3) is 0.394. The molecule has 1 amide bonds. The summed E-state index contributed by atoms with van der Waals surface area (Å²) >= 11 is 0. The second-order valence-corrected chi connectivity index (χ2v) is 10.8. The van der Waals surface area contributed by atoms with Crippen LogP contribution in [-0.2, 0) is 27.2 Å². The number of carbonyl (C=O) groups is 2. The molecule has 2 heterocycles. The molecule has 0 aliphatic carbocycles. The van der Waals surface area contributed by atoms with E-state index in [0.717, 1.165) is 5.56 Å². The van der Waals surface area contributed by atoms with Gasteiger partial charge in [-0.25, -0.2) is 4.39 Å². The van der Waals surface area contributed by atoms with Crippen molar-refractivity contribution in [3.05, 3.63) is 76.6 Å². The van der Waals surface area contributed by atoms with Gasteiger partial charge in [-0.2, -0.15) is 0 Å². The molecule has 0 saturated carbocycles. The third-order valence-corrected chi connectivity index (χ3v) is 8.20. The van der Waals surface area contributed by atoms with Gasteiger partial charge in [-0.3, -0.25) is 14.5 Å². The SMILES string of the molecule is CCc1cc(F)cc(CC)c1NC(=O)CN1C[C@H](c2cc(OC)c3c(c2)OCO3)C(C(=O)O)[C@@H]1c1ccc(OCOC)cc1. The Hall–Kier alpha value is -4.35. The van der Waals surface area contributed by atoms with Crippen LogP contribution in [0.1, 0.15) is 48.1 Å². The topological polar surface area (TPSA) is 116 Å². The summed E-state index contributed by atoms with van der Waals surface area (Å²) in [4.78, 5) is 28.5. The zero-order valence-electron chi connectivity index (χ0n) is 25.2. The minimum Gasteiger partial charge on any atom is -0.493 e. The highest BCUT2D eigenvalue weighted by Crippen LogP contribution is 2.50. The third-order valence-electron chi connectivity index (χ3n) is 8.20. The predicted octanol–water partition coefficient (Wildman–Crippen LogP) is 5.15. The molecular formula is C33H37FN2O8. The lowest BCUT2D eigenvalue weighted by Gasteiger charge is -2.27. The molecule has 10 nitrogen and oxygen atoms in total. The van der Waals surface area contributed by atoms with Gasteiger partial charge >= 0.3 is 5.97 Å². The number of nitrogens with zero attached hydrogens (tertiary/aromatic N) is 1. The molecule has 2 aliphatic rings. The van der Waals surface area contributed by atoms with Crippen molar-refractivity contribution in [3.8, 4) is 23.0 Å². The van der Waals surface area contributed by atoms with Crippen LogP contribution in [0.3, 0.4) is 0 Å². The summed E-state index contributed by atoms with van der Waals surface area (Å²) in [5, 5.41) is 13.6. The molecule has 2 N–H and O–H groups in total. The molecule has 3 atom stereocenters. The van der Waals surface area contributed by atoms with E-state index in [1.54, 1.807) is 24.3 Å². The zero-order valence-corrected chi connectivity index (χ0v) is 25.2. The maximum absolute atomic E-state index is 14.2. The number of amides is 1. The van der Waals surface area contributed by atoms with Gasteiger partial charge in [0, 0.05) is 31.3 Å². The van der Waals surface area contributed by atoms with Crippen LogP contribution in [-0.4, -0.2) is 62.8 Å². The molecule has 3 aromatic carbocycles. The number of carbonyl (C=O) groups excluding carboxylic acids is 1. The molecule has 44 heavy (non-hydrogen) atoms. The fourth-order valence-corrected chi connectivity index (χ4v) is 6.19. The van der Waals surface area contributed by atoms with Gasteiger partial charge < -0.3 is 34.1 Å². The molecule has 234 valence electrons. The van der Waals surface area contributed by atoms with Gasteiger partial charge in [0.05, 0.1) is 19.6 Å². The summed E-state index contributed by atoms with van der Waals surface area (Å²) in [6.07, 6.45) is 1.08. The van der Waals surface area contributed by atoms with Crippen LogP contribution in [0.15, 0.2) is 48.5 Å². The standard InChI is InChI=1S/C33H37FN2O8/c1-5-19-11-23(34)12-20(6-2)30(19)35-28(37)16-36-15-25(22-13-26(41-4)32-27(14-22)43-18-44-32)29(33(38)39)31(36)21-7-9-24(10-8-21)42-17-40-3/h7-14,25,29,31H,5-6,15-18H2,1-4H3,(H,35,37)(H,38,39)/t25-,29?,31+/m1/s1. The molecule has 0 aromatic heterocycles. The van der Waals surface area contributed by atoms with Crippen LogP contribution in [0.4, 0.5) is 10.1 Å². The van der Waals surface area contributed by atoms with Crippen LogP contribution >= 0.6 is 0 Å². The number of nitrogens with one attached hydrogen (secondary N) is 1. The van der Waals surface area contributed by atoms with E-state index in [0.29, 0.717) is 58.2 Å². The van der Waals surface area contributed by atoms with Gasteiger partial charge in [-0.15, -0.1) is 0 Å². The zero-order chi connectivity index (χ0) is 31.4.